The maximum Gasteiger partial charge on any atom is 0.418 e. The van der Waals surface area contributed by atoms with Crippen molar-refractivity contribution in [2.75, 3.05) is 0 Å². The van der Waals surface area contributed by atoms with Crippen LogP contribution in [0.3, 0.4) is 0 Å². The summed E-state index contributed by atoms with van der Waals surface area (Å²) in [5.74, 6) is -0.138. The maximum absolute atomic E-state index is 13.5. The van der Waals surface area contributed by atoms with Crippen LogP contribution in [0.2, 0.25) is 0 Å². The first-order chi connectivity index (χ1) is 15.7. The van der Waals surface area contributed by atoms with E-state index < -0.39 is 30.4 Å². The molecule has 0 amide bonds. The van der Waals surface area contributed by atoms with E-state index in [1.54, 1.807) is 0 Å². The van der Waals surface area contributed by atoms with Crippen molar-refractivity contribution in [2.45, 2.75) is 64.2 Å². The summed E-state index contributed by atoms with van der Waals surface area (Å²) in [6.45, 7) is -2.09. The van der Waals surface area contributed by atoms with Gasteiger partial charge in [0.15, 0.2) is 0 Å². The Morgan fingerprint density at radius 2 is 1.91 bits per heavy atom. The van der Waals surface area contributed by atoms with E-state index in [1.165, 1.54) is 19.2 Å². The number of nitrogens with zero attached hydrogens (tertiary/aromatic N) is 6. The number of hydrogen-bond acceptors (Lipinski definition) is 5. The summed E-state index contributed by atoms with van der Waals surface area (Å²) in [6.07, 6.45) is 0.786. The van der Waals surface area contributed by atoms with Crippen molar-refractivity contribution < 1.29 is 22.0 Å². The van der Waals surface area contributed by atoms with Crippen LogP contribution in [0.5, 0.6) is 0 Å². The van der Waals surface area contributed by atoms with E-state index in [0.717, 1.165) is 48.9 Å². The molecule has 0 N–H and O–H groups in total. The van der Waals surface area contributed by atoms with Crippen LogP contribution in [0.25, 0.3) is 11.4 Å². The first-order valence-corrected chi connectivity index (χ1v) is 10.5. The Bertz CT molecular complexity index is 1200. The minimum absolute atomic E-state index is 0.00228. The molecule has 4 rings (SSSR count). The fourth-order valence-corrected chi connectivity index (χ4v) is 4.27. The van der Waals surface area contributed by atoms with Crippen LogP contribution in [-0.4, -0.2) is 29.8 Å². The van der Waals surface area contributed by atoms with E-state index >= 15 is 0 Å². The van der Waals surface area contributed by atoms with Crippen molar-refractivity contribution >= 4 is 0 Å². The molecule has 7 nitrogen and oxygen atoms in total. The summed E-state index contributed by atoms with van der Waals surface area (Å²) < 4.78 is 68.7. The summed E-state index contributed by atoms with van der Waals surface area (Å²) in [6, 6.07) is 3.48. The monoisotopic (exact) mass is 468 g/mol. The van der Waals surface area contributed by atoms with Crippen LogP contribution >= 0.6 is 0 Å². The van der Waals surface area contributed by atoms with E-state index in [2.05, 4.69) is 20.4 Å². The number of pyridine rings is 1. The molecule has 0 radical (unpaired) electrons. The fraction of sp³-hybridized carbons (Fsp3) is 0.476. The van der Waals surface area contributed by atoms with Crippen molar-refractivity contribution in [3.63, 3.8) is 0 Å². The molecule has 1 saturated carbocycles. The Balaban J connectivity index is 1.89. The van der Waals surface area contributed by atoms with Crippen LogP contribution in [0.15, 0.2) is 29.2 Å². The smallest absolute Gasteiger partial charge is 0.267 e. The summed E-state index contributed by atoms with van der Waals surface area (Å²) in [4.78, 5) is 17.1. The standard InChI is InChI=1S/C21H21F5N6O/c1-12-18(32(20(22)23)30-28-12)16-10-14(13-6-3-2-4-7-13)19(33)31(29-16)11-17-15(21(24,25)26)8-5-9-27-17/h5,8-10,13,20H,2-4,6-7,11H2,1H3. The van der Waals surface area contributed by atoms with Gasteiger partial charge in [0.1, 0.15) is 11.4 Å². The van der Waals surface area contributed by atoms with Gasteiger partial charge in [0.25, 0.3) is 5.56 Å². The summed E-state index contributed by atoms with van der Waals surface area (Å²) in [5.41, 5.74) is -1.52. The molecule has 0 unspecified atom stereocenters. The Labute approximate surface area is 185 Å². The highest BCUT2D eigenvalue weighted by atomic mass is 19.4. The van der Waals surface area contributed by atoms with Gasteiger partial charge in [0, 0.05) is 11.8 Å². The molecule has 0 bridgehead atoms. The minimum Gasteiger partial charge on any atom is -0.267 e. The molecular formula is C21H21F5N6O. The topological polar surface area (TPSA) is 78.5 Å². The van der Waals surface area contributed by atoms with E-state index in [-0.39, 0.29) is 28.7 Å². The van der Waals surface area contributed by atoms with Crippen molar-refractivity contribution in [3.8, 4) is 11.4 Å². The third-order valence-corrected chi connectivity index (χ3v) is 5.83. The van der Waals surface area contributed by atoms with Crippen molar-refractivity contribution in [1.82, 2.24) is 29.8 Å². The van der Waals surface area contributed by atoms with Crippen molar-refractivity contribution in [3.05, 3.63) is 57.3 Å². The van der Waals surface area contributed by atoms with Crippen LogP contribution in [0.4, 0.5) is 22.0 Å². The largest absolute Gasteiger partial charge is 0.418 e. The molecule has 0 spiro atoms. The lowest BCUT2D eigenvalue weighted by Gasteiger charge is -2.23. The number of hydrogen-bond donors (Lipinski definition) is 0. The van der Waals surface area contributed by atoms with Gasteiger partial charge in [-0.3, -0.25) is 9.78 Å². The molecule has 176 valence electrons. The molecule has 1 fully saturated rings. The lowest BCUT2D eigenvalue weighted by molar-refractivity contribution is -0.138. The maximum atomic E-state index is 13.5. The third kappa shape index (κ3) is 4.64. The van der Waals surface area contributed by atoms with Crippen LogP contribution in [0.1, 0.15) is 67.1 Å². The van der Waals surface area contributed by atoms with Crippen molar-refractivity contribution in [1.29, 1.82) is 0 Å². The number of rotatable bonds is 5. The average Bonchev–Trinajstić information content (AvgIpc) is 3.17. The van der Waals surface area contributed by atoms with E-state index in [4.69, 9.17) is 0 Å². The normalized spacial score (nSPS) is 15.4. The van der Waals surface area contributed by atoms with Gasteiger partial charge in [-0.1, -0.05) is 24.5 Å². The fourth-order valence-electron chi connectivity index (χ4n) is 4.27. The molecule has 1 aliphatic carbocycles. The molecule has 3 heterocycles. The highest BCUT2D eigenvalue weighted by Crippen LogP contribution is 2.34. The molecule has 0 atom stereocenters. The van der Waals surface area contributed by atoms with Crippen LogP contribution in [-0.2, 0) is 12.7 Å². The SMILES string of the molecule is Cc1nnn(C(F)F)c1-c1cc(C2CCCCC2)c(=O)n(Cc2ncccc2C(F)(F)F)n1. The Kier molecular flexibility index (Phi) is 6.26. The molecule has 3 aromatic heterocycles. The molecule has 0 aliphatic heterocycles. The second kappa shape index (κ2) is 8.99. The summed E-state index contributed by atoms with van der Waals surface area (Å²) in [5, 5.41) is 11.3. The Hall–Kier alpha value is -3.18. The van der Waals surface area contributed by atoms with Gasteiger partial charge in [-0.25, -0.2) is 4.68 Å². The van der Waals surface area contributed by atoms with Gasteiger partial charge >= 0.3 is 12.7 Å². The predicted molar refractivity (Wildman–Crippen MR) is 108 cm³/mol. The first-order valence-electron chi connectivity index (χ1n) is 10.5. The second-order valence-corrected chi connectivity index (χ2v) is 8.02. The van der Waals surface area contributed by atoms with Crippen molar-refractivity contribution in [2.24, 2.45) is 0 Å². The predicted octanol–water partition coefficient (Wildman–Crippen LogP) is 4.72. The lowest BCUT2D eigenvalue weighted by Crippen LogP contribution is -2.30. The second-order valence-electron chi connectivity index (χ2n) is 8.02. The lowest BCUT2D eigenvalue weighted by atomic mass is 9.84. The van der Waals surface area contributed by atoms with Gasteiger partial charge in [-0.05, 0) is 43.9 Å². The molecule has 3 aromatic rings. The van der Waals surface area contributed by atoms with Gasteiger partial charge in [0.05, 0.1) is 23.5 Å². The number of alkyl halides is 5. The third-order valence-electron chi connectivity index (χ3n) is 5.83. The van der Waals surface area contributed by atoms with E-state index in [9.17, 15) is 26.7 Å². The quantitative estimate of drug-likeness (QED) is 0.507. The van der Waals surface area contributed by atoms with E-state index in [1.807, 2.05) is 0 Å². The van der Waals surface area contributed by atoms with Crippen LogP contribution in [0, 0.1) is 6.92 Å². The molecular weight excluding hydrogens is 447 g/mol. The average molecular weight is 468 g/mol. The van der Waals surface area contributed by atoms with Crippen LogP contribution < -0.4 is 5.56 Å². The van der Waals surface area contributed by atoms with Gasteiger partial charge in [-0.2, -0.15) is 31.7 Å². The van der Waals surface area contributed by atoms with Gasteiger partial charge < -0.3 is 0 Å². The summed E-state index contributed by atoms with van der Waals surface area (Å²) >= 11 is 0. The molecule has 0 aromatic carbocycles. The first kappa shape index (κ1) is 23.0. The minimum atomic E-state index is -4.67. The van der Waals surface area contributed by atoms with E-state index in [0.29, 0.717) is 10.2 Å². The number of aryl methyl sites for hydroxylation is 1. The number of aromatic nitrogens is 6. The highest BCUT2D eigenvalue weighted by molar-refractivity contribution is 5.57. The Morgan fingerprint density at radius 1 is 1.18 bits per heavy atom. The number of halogens is 5. The zero-order chi connectivity index (χ0) is 23.8. The highest BCUT2D eigenvalue weighted by Gasteiger charge is 2.34. The Morgan fingerprint density at radius 3 is 2.58 bits per heavy atom. The molecule has 33 heavy (non-hydrogen) atoms. The van der Waals surface area contributed by atoms with Gasteiger partial charge in [0.2, 0.25) is 0 Å². The molecule has 12 heteroatoms. The summed E-state index contributed by atoms with van der Waals surface area (Å²) in [7, 11) is 0. The van der Waals surface area contributed by atoms with Gasteiger partial charge in [-0.15, -0.1) is 5.10 Å². The zero-order valence-electron chi connectivity index (χ0n) is 17.7. The zero-order valence-corrected chi connectivity index (χ0v) is 17.7. The molecule has 0 saturated heterocycles. The molecule has 1 aliphatic rings.